The molecule has 1 heterocycles. The van der Waals surface area contributed by atoms with Gasteiger partial charge in [0.25, 0.3) is 0 Å². The van der Waals surface area contributed by atoms with E-state index in [0.29, 0.717) is 12.2 Å². The van der Waals surface area contributed by atoms with Crippen molar-refractivity contribution in [3.05, 3.63) is 71.9 Å². The molecule has 1 unspecified atom stereocenters. The summed E-state index contributed by atoms with van der Waals surface area (Å²) in [6.45, 7) is 2.51. The van der Waals surface area contributed by atoms with Crippen molar-refractivity contribution in [1.82, 2.24) is 4.98 Å². The van der Waals surface area contributed by atoms with E-state index in [9.17, 15) is 4.79 Å². The van der Waals surface area contributed by atoms with Crippen molar-refractivity contribution in [2.45, 2.75) is 19.3 Å². The van der Waals surface area contributed by atoms with Gasteiger partial charge >= 0.3 is 5.97 Å². The van der Waals surface area contributed by atoms with E-state index in [1.54, 1.807) is 12.1 Å². The number of hydrogen-bond acceptors (Lipinski definition) is 2. The molecule has 0 saturated carbocycles. The van der Waals surface area contributed by atoms with Crippen molar-refractivity contribution in [3.63, 3.8) is 0 Å². The fraction of sp³-hybridized carbons (Fsp3) is 0.211. The summed E-state index contributed by atoms with van der Waals surface area (Å²) < 4.78 is 5.50. The molecule has 2 aromatic carbocycles. The maximum atomic E-state index is 12.1. The summed E-state index contributed by atoms with van der Waals surface area (Å²) >= 11 is 0. The molecule has 3 nitrogen and oxygen atoms in total. The van der Waals surface area contributed by atoms with Crippen molar-refractivity contribution in [2.24, 2.45) is 0 Å². The number of aromatic amines is 1. The largest absolute Gasteiger partial charge is 0.461 e. The zero-order chi connectivity index (χ0) is 15.4. The highest BCUT2D eigenvalue weighted by Crippen LogP contribution is 2.28. The van der Waals surface area contributed by atoms with Gasteiger partial charge in [-0.1, -0.05) is 43.3 Å². The Balaban J connectivity index is 1.74. The molecular weight excluding hydrogens is 274 g/mol. The first-order valence-electron chi connectivity index (χ1n) is 7.57. The van der Waals surface area contributed by atoms with Gasteiger partial charge < -0.3 is 9.72 Å². The molecule has 0 amide bonds. The Hall–Kier alpha value is -2.55. The number of carbonyl (C=O) groups excluding carboxylic acids is 1. The lowest BCUT2D eigenvalue weighted by Gasteiger charge is -2.14. The third-order valence-corrected chi connectivity index (χ3v) is 3.98. The zero-order valence-electron chi connectivity index (χ0n) is 12.6. The molecule has 1 atom stereocenters. The van der Waals surface area contributed by atoms with Crippen molar-refractivity contribution in [2.75, 3.05) is 6.61 Å². The maximum Gasteiger partial charge on any atom is 0.338 e. The van der Waals surface area contributed by atoms with Gasteiger partial charge in [0.05, 0.1) is 12.2 Å². The SMILES string of the molecule is CCC(COC(=O)c1ccccc1)c1c[nH]c2ccccc12. The van der Waals surface area contributed by atoms with E-state index < -0.39 is 0 Å². The van der Waals surface area contributed by atoms with Crippen LogP contribution in [-0.2, 0) is 4.74 Å². The van der Waals surface area contributed by atoms with Gasteiger partial charge in [-0.2, -0.15) is 0 Å². The van der Waals surface area contributed by atoms with Crippen LogP contribution in [0.1, 0.15) is 35.2 Å². The number of rotatable bonds is 5. The van der Waals surface area contributed by atoms with Crippen molar-refractivity contribution in [3.8, 4) is 0 Å². The minimum atomic E-state index is -0.265. The van der Waals surface area contributed by atoms with Gasteiger partial charge in [-0.3, -0.25) is 0 Å². The molecule has 22 heavy (non-hydrogen) atoms. The fourth-order valence-electron chi connectivity index (χ4n) is 2.69. The minimum absolute atomic E-state index is 0.198. The highest BCUT2D eigenvalue weighted by atomic mass is 16.5. The number of hydrogen-bond donors (Lipinski definition) is 1. The van der Waals surface area contributed by atoms with Crippen LogP contribution >= 0.6 is 0 Å². The molecule has 0 aliphatic carbocycles. The van der Waals surface area contributed by atoms with Crippen LogP contribution in [0.25, 0.3) is 10.9 Å². The van der Waals surface area contributed by atoms with E-state index in [2.05, 4.69) is 24.0 Å². The number of esters is 1. The standard InChI is InChI=1S/C19H19NO2/c1-2-14(13-22-19(21)15-8-4-3-5-9-15)17-12-20-18-11-7-6-10-16(17)18/h3-12,14,20H,2,13H2,1H3. The Morgan fingerprint density at radius 2 is 1.82 bits per heavy atom. The summed E-state index contributed by atoms with van der Waals surface area (Å²) in [5.41, 5.74) is 2.92. The van der Waals surface area contributed by atoms with Crippen LogP contribution in [0.2, 0.25) is 0 Å². The average molecular weight is 293 g/mol. The number of fused-ring (bicyclic) bond motifs is 1. The van der Waals surface area contributed by atoms with Gasteiger partial charge in [-0.05, 0) is 30.2 Å². The Bertz CT molecular complexity index is 761. The second kappa shape index (κ2) is 6.48. The molecule has 1 N–H and O–H groups in total. The van der Waals surface area contributed by atoms with Crippen molar-refractivity contribution >= 4 is 16.9 Å². The molecule has 112 valence electrons. The summed E-state index contributed by atoms with van der Waals surface area (Å²) in [6.07, 6.45) is 2.94. The summed E-state index contributed by atoms with van der Waals surface area (Å²) in [6, 6.07) is 17.3. The first-order valence-corrected chi connectivity index (χ1v) is 7.57. The number of para-hydroxylation sites is 1. The van der Waals surface area contributed by atoms with Gasteiger partial charge in [-0.25, -0.2) is 4.79 Å². The fourth-order valence-corrected chi connectivity index (χ4v) is 2.69. The quantitative estimate of drug-likeness (QED) is 0.703. The Kier molecular flexibility index (Phi) is 4.24. The lowest BCUT2D eigenvalue weighted by Crippen LogP contribution is -2.12. The van der Waals surface area contributed by atoms with E-state index in [0.717, 1.165) is 11.9 Å². The Morgan fingerprint density at radius 3 is 2.59 bits per heavy atom. The van der Waals surface area contributed by atoms with E-state index >= 15 is 0 Å². The van der Waals surface area contributed by atoms with Crippen LogP contribution < -0.4 is 0 Å². The van der Waals surface area contributed by atoms with Crippen LogP contribution in [-0.4, -0.2) is 17.6 Å². The average Bonchev–Trinajstić information content (AvgIpc) is 3.00. The highest BCUT2D eigenvalue weighted by molar-refractivity contribution is 5.89. The molecule has 3 aromatic rings. The lowest BCUT2D eigenvalue weighted by molar-refractivity contribution is 0.0478. The van der Waals surface area contributed by atoms with E-state index in [4.69, 9.17) is 4.74 Å². The van der Waals surface area contributed by atoms with Crippen molar-refractivity contribution < 1.29 is 9.53 Å². The van der Waals surface area contributed by atoms with Crippen molar-refractivity contribution in [1.29, 1.82) is 0 Å². The van der Waals surface area contributed by atoms with Gasteiger partial charge in [0.2, 0.25) is 0 Å². The number of benzene rings is 2. The second-order valence-corrected chi connectivity index (χ2v) is 5.36. The molecule has 0 fully saturated rings. The van der Waals surface area contributed by atoms with Gasteiger partial charge in [0, 0.05) is 23.0 Å². The predicted molar refractivity (Wildman–Crippen MR) is 88.1 cm³/mol. The molecule has 0 aliphatic heterocycles. The molecule has 1 aromatic heterocycles. The monoisotopic (exact) mass is 293 g/mol. The van der Waals surface area contributed by atoms with Crippen LogP contribution in [0.15, 0.2) is 60.8 Å². The summed E-state index contributed by atoms with van der Waals surface area (Å²) in [5.74, 6) is -0.0669. The van der Waals surface area contributed by atoms with Gasteiger partial charge in [-0.15, -0.1) is 0 Å². The maximum absolute atomic E-state index is 12.1. The van der Waals surface area contributed by atoms with Crippen LogP contribution in [0.5, 0.6) is 0 Å². The third kappa shape index (κ3) is 2.89. The number of nitrogens with one attached hydrogen (secondary N) is 1. The molecule has 3 heteroatoms. The first kappa shape index (κ1) is 14.4. The van der Waals surface area contributed by atoms with E-state index in [1.165, 1.54) is 10.9 Å². The molecule has 0 spiro atoms. The number of H-pyrrole nitrogens is 1. The topological polar surface area (TPSA) is 42.1 Å². The molecule has 0 radical (unpaired) electrons. The molecular formula is C19H19NO2. The van der Waals surface area contributed by atoms with Gasteiger partial charge in [0.1, 0.15) is 0 Å². The molecule has 0 saturated heterocycles. The van der Waals surface area contributed by atoms with E-state index in [-0.39, 0.29) is 11.9 Å². The van der Waals surface area contributed by atoms with Crippen LogP contribution in [0.4, 0.5) is 0 Å². The summed E-state index contributed by atoms with van der Waals surface area (Å²) in [4.78, 5) is 15.3. The predicted octanol–water partition coefficient (Wildman–Crippen LogP) is 4.52. The second-order valence-electron chi connectivity index (χ2n) is 5.36. The molecule has 0 aliphatic rings. The zero-order valence-corrected chi connectivity index (χ0v) is 12.6. The smallest absolute Gasteiger partial charge is 0.338 e. The highest BCUT2D eigenvalue weighted by Gasteiger charge is 2.16. The minimum Gasteiger partial charge on any atom is -0.461 e. The number of aromatic nitrogens is 1. The third-order valence-electron chi connectivity index (χ3n) is 3.98. The number of carbonyl (C=O) groups is 1. The van der Waals surface area contributed by atoms with Crippen LogP contribution in [0, 0.1) is 0 Å². The Morgan fingerprint density at radius 1 is 1.09 bits per heavy atom. The lowest BCUT2D eigenvalue weighted by atomic mass is 9.97. The van der Waals surface area contributed by atoms with Gasteiger partial charge in [0.15, 0.2) is 0 Å². The normalized spacial score (nSPS) is 12.2. The molecule has 0 bridgehead atoms. The first-order chi connectivity index (χ1) is 10.8. The summed E-state index contributed by atoms with van der Waals surface area (Å²) in [5, 5.41) is 1.20. The molecule has 3 rings (SSSR count). The number of ether oxygens (including phenoxy) is 1. The van der Waals surface area contributed by atoms with E-state index in [1.807, 2.05) is 36.5 Å². The summed E-state index contributed by atoms with van der Waals surface area (Å²) in [7, 11) is 0. The Labute approximate surface area is 129 Å². The van der Waals surface area contributed by atoms with Crippen LogP contribution in [0.3, 0.4) is 0 Å².